The first-order valence-corrected chi connectivity index (χ1v) is 7.09. The molecule has 0 aromatic heterocycles. The molecule has 4 nitrogen and oxygen atoms in total. The molecule has 0 aliphatic rings. The number of benzene rings is 1. The van der Waals surface area contributed by atoms with Crippen LogP contribution in [0.15, 0.2) is 30.3 Å². The van der Waals surface area contributed by atoms with E-state index in [0.29, 0.717) is 18.9 Å². The molecule has 0 aliphatic heterocycles. The Bertz CT molecular complexity index is 477. The average Bonchev–Trinajstić information content (AvgIpc) is 2.29. The van der Waals surface area contributed by atoms with Gasteiger partial charge in [0, 0.05) is 6.54 Å². The number of nitrogens with zero attached hydrogens (tertiary/aromatic N) is 1. The van der Waals surface area contributed by atoms with Crippen LogP contribution in [0.3, 0.4) is 0 Å². The molecule has 0 saturated heterocycles. The highest BCUT2D eigenvalue weighted by Gasteiger charge is 2.10. The minimum Gasteiger partial charge on any atom is -0.214 e. The molecule has 1 aromatic rings. The Morgan fingerprint density at radius 2 is 2.00 bits per heavy atom. The molecule has 17 heavy (non-hydrogen) atoms. The van der Waals surface area contributed by atoms with E-state index < -0.39 is 15.8 Å². The van der Waals surface area contributed by atoms with Gasteiger partial charge in [0.25, 0.3) is 0 Å². The van der Waals surface area contributed by atoms with Gasteiger partial charge in [-0.2, -0.15) is 5.26 Å². The molecular formula is C12H16N2O2S. The van der Waals surface area contributed by atoms with Crippen LogP contribution in [0.1, 0.15) is 24.8 Å². The molecule has 0 amide bonds. The van der Waals surface area contributed by atoms with Gasteiger partial charge in [-0.05, 0) is 17.9 Å². The van der Waals surface area contributed by atoms with E-state index in [4.69, 9.17) is 5.26 Å². The first kappa shape index (κ1) is 13.7. The molecule has 0 saturated carbocycles. The predicted molar refractivity (Wildman–Crippen MR) is 66.9 cm³/mol. The second-order valence-corrected chi connectivity index (χ2v) is 5.72. The number of nitriles is 1. The van der Waals surface area contributed by atoms with Crippen LogP contribution in [0.4, 0.5) is 0 Å². The Balaban J connectivity index is 2.40. The summed E-state index contributed by atoms with van der Waals surface area (Å²) in [5, 5.41) is 8.32. The molecule has 0 aliphatic carbocycles. The van der Waals surface area contributed by atoms with Crippen molar-refractivity contribution in [2.45, 2.75) is 19.3 Å². The van der Waals surface area contributed by atoms with Gasteiger partial charge < -0.3 is 0 Å². The first-order chi connectivity index (χ1) is 8.05. The van der Waals surface area contributed by atoms with Crippen LogP contribution in [0.5, 0.6) is 0 Å². The fourth-order valence-corrected chi connectivity index (χ4v) is 2.22. The third-order valence-electron chi connectivity index (χ3n) is 2.52. The van der Waals surface area contributed by atoms with Gasteiger partial charge in [-0.1, -0.05) is 37.3 Å². The van der Waals surface area contributed by atoms with Crippen molar-refractivity contribution in [1.29, 1.82) is 5.26 Å². The molecule has 1 aromatic carbocycles. The predicted octanol–water partition coefficient (Wildman–Crippen LogP) is 1.62. The van der Waals surface area contributed by atoms with E-state index in [-0.39, 0.29) is 0 Å². The average molecular weight is 252 g/mol. The van der Waals surface area contributed by atoms with Crippen molar-refractivity contribution in [2.24, 2.45) is 0 Å². The molecule has 5 heteroatoms. The van der Waals surface area contributed by atoms with Gasteiger partial charge in [-0.25, -0.2) is 13.1 Å². The number of nitrogens with one attached hydrogen (secondary N) is 1. The van der Waals surface area contributed by atoms with Crippen molar-refractivity contribution in [1.82, 2.24) is 4.72 Å². The summed E-state index contributed by atoms with van der Waals surface area (Å²) < 4.78 is 24.8. The largest absolute Gasteiger partial charge is 0.225 e. The lowest BCUT2D eigenvalue weighted by molar-refractivity contribution is 0.576. The number of hydrogen-bond acceptors (Lipinski definition) is 3. The van der Waals surface area contributed by atoms with Crippen LogP contribution in [-0.4, -0.2) is 20.7 Å². The van der Waals surface area contributed by atoms with E-state index in [1.165, 1.54) is 5.56 Å². The van der Waals surface area contributed by atoms with Crippen LogP contribution >= 0.6 is 0 Å². The second kappa shape index (κ2) is 6.38. The van der Waals surface area contributed by atoms with E-state index in [1.54, 1.807) is 6.07 Å². The summed E-state index contributed by atoms with van der Waals surface area (Å²) in [6, 6.07) is 11.6. The highest BCUT2D eigenvalue weighted by Crippen LogP contribution is 2.17. The highest BCUT2D eigenvalue weighted by atomic mass is 32.2. The van der Waals surface area contributed by atoms with Gasteiger partial charge in [0.1, 0.15) is 0 Å². The van der Waals surface area contributed by atoms with Crippen LogP contribution in [0, 0.1) is 11.3 Å². The molecule has 0 spiro atoms. The normalized spacial score (nSPS) is 12.9. The van der Waals surface area contributed by atoms with E-state index in [1.807, 2.05) is 37.3 Å². The Hall–Kier alpha value is -1.38. The summed E-state index contributed by atoms with van der Waals surface area (Å²) in [5.74, 6) is -0.187. The third kappa shape index (κ3) is 4.98. The van der Waals surface area contributed by atoms with Crippen molar-refractivity contribution < 1.29 is 8.42 Å². The smallest absolute Gasteiger partial charge is 0.214 e. The summed E-state index contributed by atoms with van der Waals surface area (Å²) in [6.07, 6.45) is 0.717. The van der Waals surface area contributed by atoms with Crippen molar-refractivity contribution in [3.63, 3.8) is 0 Å². The van der Waals surface area contributed by atoms with Gasteiger partial charge in [-0.15, -0.1) is 0 Å². The lowest BCUT2D eigenvalue weighted by atomic mass is 9.98. The Labute approximate surface area is 102 Å². The minimum absolute atomic E-state index is 0.293. The van der Waals surface area contributed by atoms with Crippen LogP contribution in [-0.2, 0) is 10.0 Å². The van der Waals surface area contributed by atoms with Crippen molar-refractivity contribution in [2.75, 3.05) is 12.3 Å². The summed E-state index contributed by atoms with van der Waals surface area (Å²) in [4.78, 5) is 0. The van der Waals surface area contributed by atoms with Gasteiger partial charge in [0.2, 0.25) is 10.0 Å². The van der Waals surface area contributed by atoms with Crippen LogP contribution < -0.4 is 4.72 Å². The summed E-state index contributed by atoms with van der Waals surface area (Å²) in [7, 11) is -3.42. The number of sulfonamides is 1. The molecule has 1 unspecified atom stereocenters. The number of hydrogen-bond donors (Lipinski definition) is 1. The monoisotopic (exact) mass is 252 g/mol. The maximum Gasteiger partial charge on any atom is 0.225 e. The van der Waals surface area contributed by atoms with Crippen molar-refractivity contribution in [3.8, 4) is 6.07 Å². The van der Waals surface area contributed by atoms with E-state index in [2.05, 4.69) is 4.72 Å². The fourth-order valence-electron chi connectivity index (χ4n) is 1.52. The van der Waals surface area contributed by atoms with E-state index >= 15 is 0 Å². The van der Waals surface area contributed by atoms with Gasteiger partial charge in [-0.3, -0.25) is 0 Å². The second-order valence-electron chi connectivity index (χ2n) is 3.91. The van der Waals surface area contributed by atoms with Gasteiger partial charge in [0.15, 0.2) is 5.75 Å². The zero-order valence-corrected chi connectivity index (χ0v) is 10.6. The lowest BCUT2D eigenvalue weighted by Crippen LogP contribution is -2.27. The SMILES string of the molecule is CC(CCNS(=O)(=O)CC#N)c1ccccc1. The molecule has 1 rings (SSSR count). The molecular weight excluding hydrogens is 236 g/mol. The zero-order chi connectivity index (χ0) is 12.7. The summed E-state index contributed by atoms with van der Waals surface area (Å²) >= 11 is 0. The molecule has 0 heterocycles. The zero-order valence-electron chi connectivity index (χ0n) is 9.76. The molecule has 0 radical (unpaired) electrons. The quantitative estimate of drug-likeness (QED) is 0.836. The lowest BCUT2D eigenvalue weighted by Gasteiger charge is -2.11. The number of rotatable bonds is 6. The summed E-state index contributed by atoms with van der Waals surface area (Å²) in [5.41, 5.74) is 1.19. The van der Waals surface area contributed by atoms with E-state index in [0.717, 1.165) is 0 Å². The Morgan fingerprint density at radius 3 is 2.59 bits per heavy atom. The first-order valence-electron chi connectivity index (χ1n) is 5.44. The van der Waals surface area contributed by atoms with E-state index in [9.17, 15) is 8.42 Å². The Morgan fingerprint density at radius 1 is 1.35 bits per heavy atom. The molecule has 0 bridgehead atoms. The van der Waals surface area contributed by atoms with Crippen LogP contribution in [0.25, 0.3) is 0 Å². The fraction of sp³-hybridized carbons (Fsp3) is 0.417. The highest BCUT2D eigenvalue weighted by molar-refractivity contribution is 7.89. The third-order valence-corrected chi connectivity index (χ3v) is 3.68. The maximum atomic E-state index is 11.2. The van der Waals surface area contributed by atoms with Crippen molar-refractivity contribution in [3.05, 3.63) is 35.9 Å². The maximum absolute atomic E-state index is 11.2. The molecule has 1 N–H and O–H groups in total. The molecule has 1 atom stereocenters. The Kier molecular flexibility index (Phi) is 5.13. The molecule has 92 valence electrons. The summed E-state index contributed by atoms with van der Waals surface area (Å²) in [6.45, 7) is 2.41. The minimum atomic E-state index is -3.42. The molecule has 0 fully saturated rings. The standard InChI is InChI=1S/C12H16N2O2S/c1-11(12-5-3-2-4-6-12)7-9-14-17(15,16)10-8-13/h2-6,11,14H,7,9-10H2,1H3. The van der Waals surface area contributed by atoms with Gasteiger partial charge >= 0.3 is 0 Å². The van der Waals surface area contributed by atoms with Gasteiger partial charge in [0.05, 0.1) is 6.07 Å². The van der Waals surface area contributed by atoms with Crippen molar-refractivity contribution >= 4 is 10.0 Å². The van der Waals surface area contributed by atoms with Crippen LogP contribution in [0.2, 0.25) is 0 Å². The topological polar surface area (TPSA) is 70.0 Å².